The molecule has 0 saturated heterocycles. The fraction of sp³-hybridized carbons (Fsp3) is 0.556. The van der Waals surface area contributed by atoms with Crippen LogP contribution in [0.5, 0.6) is 0 Å². The monoisotopic (exact) mass is 196 g/mol. The van der Waals surface area contributed by atoms with Crippen molar-refractivity contribution >= 4 is 11.8 Å². The Bertz CT molecular complexity index is 303. The molecule has 5 nitrogen and oxygen atoms in total. The molecule has 0 spiro atoms. The maximum Gasteiger partial charge on any atom is 0.224 e. The molecule has 0 aromatic carbocycles. The van der Waals surface area contributed by atoms with Crippen LogP contribution in [0.2, 0.25) is 0 Å². The summed E-state index contributed by atoms with van der Waals surface area (Å²) in [6, 6.07) is -0.00620. The summed E-state index contributed by atoms with van der Waals surface area (Å²) < 4.78 is 0. The number of nitrogens with zero attached hydrogens (tertiary/aromatic N) is 2. The Morgan fingerprint density at radius 2 is 2.29 bits per heavy atom. The van der Waals surface area contributed by atoms with Crippen LogP contribution in [-0.2, 0) is 0 Å². The van der Waals surface area contributed by atoms with Gasteiger partial charge in [0.2, 0.25) is 5.95 Å². The zero-order valence-electron chi connectivity index (χ0n) is 8.70. The Hall–Kier alpha value is -1.36. The van der Waals surface area contributed by atoms with E-state index in [0.29, 0.717) is 5.95 Å². The zero-order valence-corrected chi connectivity index (χ0v) is 8.70. The third-order valence-electron chi connectivity index (χ3n) is 1.85. The van der Waals surface area contributed by atoms with Gasteiger partial charge in [-0.15, -0.1) is 0 Å². The summed E-state index contributed by atoms with van der Waals surface area (Å²) in [7, 11) is 1.77. The van der Waals surface area contributed by atoms with Crippen LogP contribution in [0.4, 0.5) is 11.8 Å². The highest BCUT2D eigenvalue weighted by Crippen LogP contribution is 2.12. The first-order valence-electron chi connectivity index (χ1n) is 4.56. The minimum absolute atomic E-state index is 0.00620. The van der Waals surface area contributed by atoms with Gasteiger partial charge in [-0.05, 0) is 13.8 Å². The quantitative estimate of drug-likeness (QED) is 0.658. The van der Waals surface area contributed by atoms with E-state index in [1.165, 1.54) is 0 Å². The third kappa shape index (κ3) is 2.56. The van der Waals surface area contributed by atoms with Gasteiger partial charge in [0.05, 0.1) is 6.61 Å². The van der Waals surface area contributed by atoms with Crippen LogP contribution < -0.4 is 10.6 Å². The molecule has 0 amide bonds. The van der Waals surface area contributed by atoms with Crippen molar-refractivity contribution in [1.29, 1.82) is 0 Å². The standard InChI is InChI=1S/C9H16N4O/c1-6-4-11-9(10-3)13-8(6)12-7(2)5-14/h4,7,14H,5H2,1-3H3,(H2,10,11,12,13). The smallest absolute Gasteiger partial charge is 0.224 e. The molecule has 1 heterocycles. The van der Waals surface area contributed by atoms with Crippen molar-refractivity contribution in [3.8, 4) is 0 Å². The molecule has 1 unspecified atom stereocenters. The molecule has 0 bridgehead atoms. The molecule has 3 N–H and O–H groups in total. The number of hydrogen-bond acceptors (Lipinski definition) is 5. The minimum Gasteiger partial charge on any atom is -0.394 e. The topological polar surface area (TPSA) is 70.1 Å². The maximum atomic E-state index is 8.89. The molecule has 14 heavy (non-hydrogen) atoms. The van der Waals surface area contributed by atoms with Crippen molar-refractivity contribution in [3.63, 3.8) is 0 Å². The Morgan fingerprint density at radius 1 is 1.57 bits per heavy atom. The van der Waals surface area contributed by atoms with E-state index in [1.54, 1.807) is 13.2 Å². The Morgan fingerprint density at radius 3 is 2.86 bits per heavy atom. The van der Waals surface area contributed by atoms with Crippen molar-refractivity contribution in [2.24, 2.45) is 0 Å². The molecule has 0 aliphatic carbocycles. The van der Waals surface area contributed by atoms with Crippen LogP contribution in [-0.4, -0.2) is 34.8 Å². The molecule has 5 heteroatoms. The van der Waals surface area contributed by atoms with E-state index >= 15 is 0 Å². The zero-order chi connectivity index (χ0) is 10.6. The minimum atomic E-state index is -0.00620. The summed E-state index contributed by atoms with van der Waals surface area (Å²) in [5.74, 6) is 1.33. The highest BCUT2D eigenvalue weighted by molar-refractivity contribution is 5.46. The van der Waals surface area contributed by atoms with Gasteiger partial charge in [0, 0.05) is 24.8 Å². The summed E-state index contributed by atoms with van der Waals surface area (Å²) >= 11 is 0. The van der Waals surface area contributed by atoms with Gasteiger partial charge in [0.15, 0.2) is 0 Å². The average Bonchev–Trinajstić information content (AvgIpc) is 2.21. The molecule has 0 aliphatic heterocycles. The fourth-order valence-corrected chi connectivity index (χ4v) is 0.988. The lowest BCUT2D eigenvalue weighted by Gasteiger charge is -2.13. The van der Waals surface area contributed by atoms with E-state index in [2.05, 4.69) is 20.6 Å². The number of hydrogen-bond donors (Lipinski definition) is 3. The number of nitrogens with one attached hydrogen (secondary N) is 2. The molecule has 1 aromatic rings. The SMILES string of the molecule is CNc1ncc(C)c(NC(C)CO)n1. The number of aliphatic hydroxyl groups is 1. The van der Waals surface area contributed by atoms with E-state index in [1.807, 2.05) is 13.8 Å². The van der Waals surface area contributed by atoms with Gasteiger partial charge in [-0.3, -0.25) is 0 Å². The maximum absolute atomic E-state index is 8.89. The second-order valence-corrected chi connectivity index (χ2v) is 3.20. The Labute approximate surface area is 83.6 Å². The summed E-state index contributed by atoms with van der Waals surface area (Å²) in [5, 5.41) is 14.8. The van der Waals surface area contributed by atoms with Crippen LogP contribution in [0.15, 0.2) is 6.20 Å². The van der Waals surface area contributed by atoms with Gasteiger partial charge in [0.25, 0.3) is 0 Å². The lowest BCUT2D eigenvalue weighted by molar-refractivity contribution is 0.281. The van der Waals surface area contributed by atoms with Gasteiger partial charge in [0.1, 0.15) is 5.82 Å². The van der Waals surface area contributed by atoms with Crippen molar-refractivity contribution in [1.82, 2.24) is 9.97 Å². The molecule has 1 atom stereocenters. The lowest BCUT2D eigenvalue weighted by atomic mass is 10.3. The van der Waals surface area contributed by atoms with E-state index in [-0.39, 0.29) is 12.6 Å². The predicted molar refractivity (Wildman–Crippen MR) is 56.5 cm³/mol. The van der Waals surface area contributed by atoms with Crippen molar-refractivity contribution in [3.05, 3.63) is 11.8 Å². The first-order valence-corrected chi connectivity index (χ1v) is 4.56. The van der Waals surface area contributed by atoms with E-state index < -0.39 is 0 Å². The van der Waals surface area contributed by atoms with Gasteiger partial charge < -0.3 is 15.7 Å². The summed E-state index contributed by atoms with van der Waals surface area (Å²) in [5.41, 5.74) is 0.962. The lowest BCUT2D eigenvalue weighted by Crippen LogP contribution is -2.21. The highest BCUT2D eigenvalue weighted by Gasteiger charge is 2.05. The molecule has 0 fully saturated rings. The largest absolute Gasteiger partial charge is 0.394 e. The number of aromatic nitrogens is 2. The van der Waals surface area contributed by atoms with Crippen LogP contribution in [0, 0.1) is 6.92 Å². The van der Waals surface area contributed by atoms with Crippen molar-refractivity contribution < 1.29 is 5.11 Å². The number of rotatable bonds is 4. The second-order valence-electron chi connectivity index (χ2n) is 3.20. The summed E-state index contributed by atoms with van der Waals surface area (Å²) in [4.78, 5) is 8.30. The number of aryl methyl sites for hydroxylation is 1. The first-order chi connectivity index (χ1) is 6.67. The van der Waals surface area contributed by atoms with Gasteiger partial charge in [-0.2, -0.15) is 4.98 Å². The summed E-state index contributed by atoms with van der Waals surface area (Å²) in [6.45, 7) is 3.89. The normalized spacial score (nSPS) is 12.3. The molecule has 0 aliphatic rings. The first kappa shape index (κ1) is 10.7. The second kappa shape index (κ2) is 4.76. The third-order valence-corrected chi connectivity index (χ3v) is 1.85. The van der Waals surface area contributed by atoms with E-state index in [9.17, 15) is 0 Å². The fourth-order valence-electron chi connectivity index (χ4n) is 0.988. The summed E-state index contributed by atoms with van der Waals surface area (Å²) in [6.07, 6.45) is 1.74. The van der Waals surface area contributed by atoms with Crippen LogP contribution in [0.25, 0.3) is 0 Å². The highest BCUT2D eigenvalue weighted by atomic mass is 16.3. The van der Waals surface area contributed by atoms with Gasteiger partial charge in [-0.25, -0.2) is 4.98 Å². The van der Waals surface area contributed by atoms with E-state index in [0.717, 1.165) is 11.4 Å². The van der Waals surface area contributed by atoms with Gasteiger partial charge in [-0.1, -0.05) is 0 Å². The molecule has 0 radical (unpaired) electrons. The predicted octanol–water partition coefficient (Wildman–Crippen LogP) is 0.619. The van der Waals surface area contributed by atoms with Crippen molar-refractivity contribution in [2.45, 2.75) is 19.9 Å². The van der Waals surface area contributed by atoms with E-state index in [4.69, 9.17) is 5.11 Å². The molecule has 0 saturated carbocycles. The van der Waals surface area contributed by atoms with Crippen LogP contribution in [0.1, 0.15) is 12.5 Å². The number of anilines is 2. The molecule has 1 aromatic heterocycles. The van der Waals surface area contributed by atoms with Gasteiger partial charge >= 0.3 is 0 Å². The molecular weight excluding hydrogens is 180 g/mol. The average molecular weight is 196 g/mol. The Balaban J connectivity index is 2.83. The number of aliphatic hydroxyl groups excluding tert-OH is 1. The van der Waals surface area contributed by atoms with Crippen LogP contribution >= 0.6 is 0 Å². The van der Waals surface area contributed by atoms with Crippen LogP contribution in [0.3, 0.4) is 0 Å². The van der Waals surface area contributed by atoms with Crippen molar-refractivity contribution in [2.75, 3.05) is 24.3 Å². The molecular formula is C9H16N4O. The Kier molecular flexibility index (Phi) is 3.64. The molecule has 78 valence electrons. The molecule has 1 rings (SSSR count).